The van der Waals surface area contributed by atoms with Crippen LogP contribution in [0.1, 0.15) is 0 Å². The first-order valence-electron chi connectivity index (χ1n) is 4.01. The van der Waals surface area contributed by atoms with Crippen LogP contribution in [-0.4, -0.2) is 4.98 Å². The zero-order valence-corrected chi connectivity index (χ0v) is 7.95. The largest absolute Gasteiger partial charge is 0.444 e. The van der Waals surface area contributed by atoms with Crippen LogP contribution in [0.25, 0.3) is 11.3 Å². The number of nitrogens with one attached hydrogen (secondary N) is 2. The normalized spacial score (nSPS) is 10.1. The Bertz CT molecular complexity index is 385. The minimum atomic E-state index is 0.746. The molecule has 0 amide bonds. The van der Waals surface area contributed by atoms with E-state index in [0.717, 1.165) is 17.0 Å². The number of benzene rings is 1. The molecule has 1 aromatic carbocycles. The number of halogens is 1. The molecule has 0 fully saturated rings. The molecule has 0 spiro atoms. The molecule has 1 heterocycles. The Morgan fingerprint density at radius 3 is 2.57 bits per heavy atom. The highest BCUT2D eigenvalue weighted by atomic mass is 35.5. The van der Waals surface area contributed by atoms with E-state index in [1.165, 1.54) is 6.39 Å². The van der Waals surface area contributed by atoms with Crippen LogP contribution < -0.4 is 10.4 Å². The van der Waals surface area contributed by atoms with Crippen molar-refractivity contribution in [2.75, 3.05) is 5.43 Å². The summed E-state index contributed by atoms with van der Waals surface area (Å²) in [6, 6.07) is 7.59. The van der Waals surface area contributed by atoms with Gasteiger partial charge in [0.15, 0.2) is 12.2 Å². The number of anilines is 1. The van der Waals surface area contributed by atoms with Gasteiger partial charge in [-0.05, 0) is 36.0 Å². The molecule has 2 aromatic rings. The number of hydrogen-bond donors (Lipinski definition) is 2. The molecule has 2 N–H and O–H groups in total. The summed E-state index contributed by atoms with van der Waals surface area (Å²) in [4.78, 5) is 6.17. The lowest BCUT2D eigenvalue weighted by atomic mass is 10.2. The zero-order chi connectivity index (χ0) is 9.80. The second kappa shape index (κ2) is 4.13. The van der Waals surface area contributed by atoms with Crippen molar-refractivity contribution in [1.82, 2.24) is 9.93 Å². The monoisotopic (exact) mass is 209 g/mol. The van der Waals surface area contributed by atoms with Gasteiger partial charge in [-0.25, -0.2) is 4.98 Å². The SMILES string of the molecule is ClNNc1ccc(-c2cnco2)cc1. The van der Waals surface area contributed by atoms with Crippen molar-refractivity contribution < 1.29 is 4.42 Å². The number of hydrogen-bond acceptors (Lipinski definition) is 4. The van der Waals surface area contributed by atoms with Crippen LogP contribution in [-0.2, 0) is 0 Å². The van der Waals surface area contributed by atoms with Crippen molar-refractivity contribution in [3.05, 3.63) is 36.9 Å². The average Bonchev–Trinajstić information content (AvgIpc) is 2.72. The molecule has 0 saturated heterocycles. The van der Waals surface area contributed by atoms with Gasteiger partial charge in [0, 0.05) is 5.56 Å². The van der Waals surface area contributed by atoms with Crippen molar-refractivity contribution >= 4 is 17.5 Å². The van der Waals surface area contributed by atoms with Gasteiger partial charge in [0.05, 0.1) is 11.9 Å². The summed E-state index contributed by atoms with van der Waals surface area (Å²) in [5.41, 5.74) is 4.60. The van der Waals surface area contributed by atoms with Gasteiger partial charge in [0.2, 0.25) is 0 Å². The summed E-state index contributed by atoms with van der Waals surface area (Å²) in [6.07, 6.45) is 3.07. The number of rotatable bonds is 3. The third-order valence-corrected chi connectivity index (χ3v) is 1.89. The first kappa shape index (κ1) is 9.05. The van der Waals surface area contributed by atoms with E-state index in [1.54, 1.807) is 6.20 Å². The van der Waals surface area contributed by atoms with Gasteiger partial charge in [-0.2, -0.15) is 0 Å². The third-order valence-electron chi connectivity index (χ3n) is 1.79. The maximum Gasteiger partial charge on any atom is 0.181 e. The van der Waals surface area contributed by atoms with Crippen LogP contribution in [0.5, 0.6) is 0 Å². The van der Waals surface area contributed by atoms with E-state index in [0.29, 0.717) is 0 Å². The molecule has 2 rings (SSSR count). The fourth-order valence-corrected chi connectivity index (χ4v) is 1.24. The van der Waals surface area contributed by atoms with Crippen LogP contribution >= 0.6 is 11.8 Å². The van der Waals surface area contributed by atoms with Crippen molar-refractivity contribution in [2.45, 2.75) is 0 Å². The Kier molecular flexibility index (Phi) is 2.67. The molecule has 1 aromatic heterocycles. The van der Waals surface area contributed by atoms with Crippen LogP contribution in [0.3, 0.4) is 0 Å². The molecule has 4 nitrogen and oxygen atoms in total. The minimum Gasteiger partial charge on any atom is -0.444 e. The lowest BCUT2D eigenvalue weighted by molar-refractivity contribution is 0.572. The topological polar surface area (TPSA) is 50.1 Å². The first-order chi connectivity index (χ1) is 6.90. The van der Waals surface area contributed by atoms with E-state index in [9.17, 15) is 0 Å². The fraction of sp³-hybridized carbons (Fsp3) is 0. The van der Waals surface area contributed by atoms with Gasteiger partial charge < -0.3 is 9.84 Å². The molecule has 0 aliphatic carbocycles. The predicted molar refractivity (Wildman–Crippen MR) is 54.6 cm³/mol. The lowest BCUT2D eigenvalue weighted by Crippen LogP contribution is -2.07. The number of oxazole rings is 1. The predicted octanol–water partition coefficient (Wildman–Crippen LogP) is 2.41. The smallest absolute Gasteiger partial charge is 0.181 e. The molecule has 0 aliphatic heterocycles. The van der Waals surface area contributed by atoms with E-state index < -0.39 is 0 Å². The Balaban J connectivity index is 2.22. The Morgan fingerprint density at radius 2 is 2.00 bits per heavy atom. The van der Waals surface area contributed by atoms with Gasteiger partial charge in [0.1, 0.15) is 0 Å². The van der Waals surface area contributed by atoms with E-state index >= 15 is 0 Å². The van der Waals surface area contributed by atoms with Crippen molar-refractivity contribution in [1.29, 1.82) is 0 Å². The van der Waals surface area contributed by atoms with Gasteiger partial charge in [0.25, 0.3) is 0 Å². The summed E-state index contributed by atoms with van der Waals surface area (Å²) in [6.45, 7) is 0. The molecular formula is C9H8ClN3O. The van der Waals surface area contributed by atoms with Crippen molar-refractivity contribution in [2.24, 2.45) is 0 Å². The number of aromatic nitrogens is 1. The number of hydrazine groups is 1. The highest BCUT2D eigenvalue weighted by molar-refractivity contribution is 6.13. The van der Waals surface area contributed by atoms with Crippen molar-refractivity contribution in [3.63, 3.8) is 0 Å². The highest BCUT2D eigenvalue weighted by Crippen LogP contribution is 2.20. The second-order valence-electron chi connectivity index (χ2n) is 2.66. The van der Waals surface area contributed by atoms with E-state index in [-0.39, 0.29) is 0 Å². The summed E-state index contributed by atoms with van der Waals surface area (Å²) in [5, 5.41) is 0. The molecule has 72 valence electrons. The molecule has 5 heteroatoms. The van der Waals surface area contributed by atoms with E-state index in [1.807, 2.05) is 24.3 Å². The van der Waals surface area contributed by atoms with Crippen LogP contribution in [0.4, 0.5) is 5.69 Å². The fourth-order valence-electron chi connectivity index (χ4n) is 1.13. The summed E-state index contributed by atoms with van der Waals surface area (Å²) >= 11 is 5.29. The summed E-state index contributed by atoms with van der Waals surface area (Å²) in [7, 11) is 0. The van der Waals surface area contributed by atoms with Crippen LogP contribution in [0.2, 0.25) is 0 Å². The Morgan fingerprint density at radius 1 is 1.21 bits per heavy atom. The minimum absolute atomic E-state index is 0.746. The summed E-state index contributed by atoms with van der Waals surface area (Å²) < 4.78 is 5.15. The second-order valence-corrected chi connectivity index (χ2v) is 2.85. The molecular weight excluding hydrogens is 202 g/mol. The van der Waals surface area contributed by atoms with Gasteiger partial charge in [-0.1, -0.05) is 0 Å². The molecule has 0 saturated carbocycles. The first-order valence-corrected chi connectivity index (χ1v) is 4.38. The van der Waals surface area contributed by atoms with Crippen molar-refractivity contribution in [3.8, 4) is 11.3 Å². The zero-order valence-electron chi connectivity index (χ0n) is 7.20. The molecule has 14 heavy (non-hydrogen) atoms. The average molecular weight is 210 g/mol. The van der Waals surface area contributed by atoms with Gasteiger partial charge >= 0.3 is 0 Å². The molecule has 0 bridgehead atoms. The Hall–Kier alpha value is -1.52. The number of nitrogens with zero attached hydrogens (tertiary/aromatic N) is 1. The standard InChI is InChI=1S/C9H8ClN3O/c10-13-12-8-3-1-7(2-4-8)9-5-11-6-14-9/h1-6,12-13H. The molecule has 0 unspecified atom stereocenters. The van der Waals surface area contributed by atoms with E-state index in [2.05, 4.69) is 15.4 Å². The quantitative estimate of drug-likeness (QED) is 0.602. The van der Waals surface area contributed by atoms with Gasteiger partial charge in [-0.15, -0.1) is 4.94 Å². The maximum atomic E-state index is 5.29. The highest BCUT2D eigenvalue weighted by Gasteiger charge is 2.00. The Labute approximate surface area is 86.0 Å². The van der Waals surface area contributed by atoms with Gasteiger partial charge in [-0.3, -0.25) is 0 Å². The summed E-state index contributed by atoms with van der Waals surface area (Å²) in [5.74, 6) is 0.746. The third kappa shape index (κ3) is 1.86. The molecule has 0 aliphatic rings. The lowest BCUT2D eigenvalue weighted by Gasteiger charge is -2.02. The van der Waals surface area contributed by atoms with Crippen LogP contribution in [0.15, 0.2) is 41.3 Å². The molecule has 0 radical (unpaired) electrons. The maximum absolute atomic E-state index is 5.29. The van der Waals surface area contributed by atoms with E-state index in [4.69, 9.17) is 16.2 Å². The van der Waals surface area contributed by atoms with Crippen LogP contribution in [0, 0.1) is 0 Å². The molecule has 0 atom stereocenters.